The Morgan fingerprint density at radius 1 is 1.21 bits per heavy atom. The molecule has 0 aliphatic rings. The SMILES string of the molecule is N#Cc1c(F)cccc1S(=O)(=O)Nc1ccncc1. The normalized spacial score (nSPS) is 10.7. The van der Waals surface area contributed by atoms with Gasteiger partial charge in [-0.05, 0) is 24.3 Å². The summed E-state index contributed by atoms with van der Waals surface area (Å²) in [5.41, 5.74) is -0.229. The van der Waals surface area contributed by atoms with Gasteiger partial charge in [0.05, 0.1) is 5.69 Å². The predicted molar refractivity (Wildman–Crippen MR) is 66.2 cm³/mol. The van der Waals surface area contributed by atoms with Gasteiger partial charge >= 0.3 is 0 Å². The third-order valence-electron chi connectivity index (χ3n) is 2.31. The molecule has 19 heavy (non-hydrogen) atoms. The Bertz CT molecular complexity index is 739. The lowest BCUT2D eigenvalue weighted by molar-refractivity contribution is 0.593. The Kier molecular flexibility index (Phi) is 3.44. The summed E-state index contributed by atoms with van der Waals surface area (Å²) in [5, 5.41) is 8.84. The highest BCUT2D eigenvalue weighted by atomic mass is 32.2. The Balaban J connectivity index is 2.47. The van der Waals surface area contributed by atoms with Crippen LogP contribution < -0.4 is 4.72 Å². The summed E-state index contributed by atoms with van der Waals surface area (Å²) in [6.07, 6.45) is 2.82. The number of benzene rings is 1. The fourth-order valence-electron chi connectivity index (χ4n) is 1.47. The predicted octanol–water partition coefficient (Wildman–Crippen LogP) is 1.89. The summed E-state index contributed by atoms with van der Waals surface area (Å²) < 4.78 is 39.8. The summed E-state index contributed by atoms with van der Waals surface area (Å²) in [5.74, 6) is -0.875. The van der Waals surface area contributed by atoms with Crippen LogP contribution in [0.25, 0.3) is 0 Å². The molecule has 0 radical (unpaired) electrons. The van der Waals surface area contributed by atoms with Crippen LogP contribution in [0.4, 0.5) is 10.1 Å². The summed E-state index contributed by atoms with van der Waals surface area (Å²) in [6, 6.07) is 7.88. The Morgan fingerprint density at radius 3 is 2.53 bits per heavy atom. The first-order valence-corrected chi connectivity index (χ1v) is 6.64. The molecule has 0 amide bonds. The van der Waals surface area contributed by atoms with Gasteiger partial charge < -0.3 is 0 Å². The number of sulfonamides is 1. The topological polar surface area (TPSA) is 82.8 Å². The number of halogens is 1. The first-order chi connectivity index (χ1) is 9.04. The van der Waals surface area contributed by atoms with Gasteiger partial charge in [-0.2, -0.15) is 5.26 Å². The molecule has 0 unspecified atom stereocenters. The maximum absolute atomic E-state index is 13.4. The minimum Gasteiger partial charge on any atom is -0.279 e. The van der Waals surface area contributed by atoms with E-state index in [4.69, 9.17) is 5.26 Å². The van der Waals surface area contributed by atoms with E-state index in [0.717, 1.165) is 6.07 Å². The lowest BCUT2D eigenvalue weighted by atomic mass is 10.2. The van der Waals surface area contributed by atoms with Crippen molar-refractivity contribution in [1.82, 2.24) is 4.98 Å². The highest BCUT2D eigenvalue weighted by Gasteiger charge is 2.21. The van der Waals surface area contributed by atoms with Crippen molar-refractivity contribution in [2.24, 2.45) is 0 Å². The highest BCUT2D eigenvalue weighted by molar-refractivity contribution is 7.92. The number of nitrogens with one attached hydrogen (secondary N) is 1. The maximum Gasteiger partial charge on any atom is 0.263 e. The molecule has 2 rings (SSSR count). The van der Waals surface area contributed by atoms with E-state index in [0.29, 0.717) is 0 Å². The Hall–Kier alpha value is -2.46. The smallest absolute Gasteiger partial charge is 0.263 e. The van der Waals surface area contributed by atoms with Gasteiger partial charge in [0.15, 0.2) is 0 Å². The number of nitrogens with zero attached hydrogens (tertiary/aromatic N) is 2. The largest absolute Gasteiger partial charge is 0.279 e. The van der Waals surface area contributed by atoms with Gasteiger partial charge in [-0.25, -0.2) is 12.8 Å². The number of rotatable bonds is 3. The van der Waals surface area contributed by atoms with Gasteiger partial charge in [0, 0.05) is 12.4 Å². The van der Waals surface area contributed by atoms with Crippen LogP contribution in [0.1, 0.15) is 5.56 Å². The van der Waals surface area contributed by atoms with Crippen molar-refractivity contribution in [2.75, 3.05) is 4.72 Å². The van der Waals surface area contributed by atoms with Crippen molar-refractivity contribution in [2.45, 2.75) is 4.90 Å². The quantitative estimate of drug-likeness (QED) is 0.928. The lowest BCUT2D eigenvalue weighted by Gasteiger charge is -2.09. The zero-order chi connectivity index (χ0) is 13.9. The van der Waals surface area contributed by atoms with Gasteiger partial charge in [-0.15, -0.1) is 0 Å². The molecular formula is C12H8FN3O2S. The molecule has 5 nitrogen and oxygen atoms in total. The van der Waals surface area contributed by atoms with E-state index in [2.05, 4.69) is 9.71 Å². The first kappa shape index (κ1) is 13.0. The molecule has 0 aliphatic heterocycles. The van der Waals surface area contributed by atoms with E-state index < -0.39 is 26.3 Å². The van der Waals surface area contributed by atoms with E-state index in [9.17, 15) is 12.8 Å². The number of anilines is 1. The second kappa shape index (κ2) is 5.04. The van der Waals surface area contributed by atoms with Crippen molar-refractivity contribution in [3.05, 3.63) is 54.1 Å². The molecule has 0 bridgehead atoms. The van der Waals surface area contributed by atoms with E-state index in [1.54, 1.807) is 6.07 Å². The second-order valence-corrected chi connectivity index (χ2v) is 5.22. The summed E-state index contributed by atoms with van der Waals surface area (Å²) in [7, 11) is -4.02. The van der Waals surface area contributed by atoms with Crippen LogP contribution in [0.15, 0.2) is 47.6 Å². The van der Waals surface area contributed by atoms with Gasteiger partial charge in [0.25, 0.3) is 10.0 Å². The summed E-state index contributed by atoms with van der Waals surface area (Å²) in [4.78, 5) is 3.35. The average molecular weight is 277 g/mol. The maximum atomic E-state index is 13.4. The van der Waals surface area contributed by atoms with Gasteiger partial charge in [0.1, 0.15) is 22.3 Å². The van der Waals surface area contributed by atoms with Gasteiger partial charge in [-0.3, -0.25) is 9.71 Å². The van der Waals surface area contributed by atoms with Gasteiger partial charge in [-0.1, -0.05) is 6.07 Å². The van der Waals surface area contributed by atoms with Crippen molar-refractivity contribution in [1.29, 1.82) is 5.26 Å². The van der Waals surface area contributed by atoms with E-state index in [1.807, 2.05) is 0 Å². The van der Waals surface area contributed by atoms with Crippen LogP contribution in [-0.2, 0) is 10.0 Å². The first-order valence-electron chi connectivity index (χ1n) is 5.16. The average Bonchev–Trinajstić information content (AvgIpc) is 2.39. The van der Waals surface area contributed by atoms with E-state index >= 15 is 0 Å². The van der Waals surface area contributed by atoms with Crippen molar-refractivity contribution in [3.63, 3.8) is 0 Å². The third-order valence-corrected chi connectivity index (χ3v) is 3.73. The van der Waals surface area contributed by atoms with Crippen molar-refractivity contribution in [3.8, 4) is 6.07 Å². The van der Waals surface area contributed by atoms with Crippen LogP contribution in [0, 0.1) is 17.1 Å². The number of pyridine rings is 1. The summed E-state index contributed by atoms with van der Waals surface area (Å²) >= 11 is 0. The molecule has 0 spiro atoms. The molecule has 1 aromatic heterocycles. The fraction of sp³-hybridized carbons (Fsp3) is 0. The molecule has 0 atom stereocenters. The zero-order valence-corrected chi connectivity index (χ0v) is 10.4. The molecule has 0 saturated heterocycles. The third kappa shape index (κ3) is 2.69. The standard InChI is InChI=1S/C12H8FN3O2S/c13-11-2-1-3-12(10(11)8-14)19(17,18)16-9-4-6-15-7-5-9/h1-7H,(H,15,16). The molecule has 0 fully saturated rings. The second-order valence-electron chi connectivity index (χ2n) is 3.57. The molecule has 1 heterocycles. The van der Waals surface area contributed by atoms with Crippen molar-refractivity contribution < 1.29 is 12.8 Å². The fourth-order valence-corrected chi connectivity index (χ4v) is 2.69. The van der Waals surface area contributed by atoms with Crippen LogP contribution in [-0.4, -0.2) is 13.4 Å². The molecule has 2 aromatic rings. The monoisotopic (exact) mass is 277 g/mol. The van der Waals surface area contributed by atoms with E-state index in [1.165, 1.54) is 36.7 Å². The van der Waals surface area contributed by atoms with Crippen LogP contribution in [0.5, 0.6) is 0 Å². The minimum absolute atomic E-state index is 0.281. The van der Waals surface area contributed by atoms with Crippen LogP contribution in [0.2, 0.25) is 0 Å². The van der Waals surface area contributed by atoms with E-state index in [-0.39, 0.29) is 5.69 Å². The molecule has 1 N–H and O–H groups in total. The van der Waals surface area contributed by atoms with Crippen LogP contribution >= 0.6 is 0 Å². The van der Waals surface area contributed by atoms with Crippen molar-refractivity contribution >= 4 is 15.7 Å². The molecule has 0 saturated carbocycles. The lowest BCUT2D eigenvalue weighted by Crippen LogP contribution is -2.15. The number of nitriles is 1. The number of hydrogen-bond donors (Lipinski definition) is 1. The molecular weight excluding hydrogens is 269 g/mol. The summed E-state index contributed by atoms with van der Waals surface area (Å²) in [6.45, 7) is 0. The van der Waals surface area contributed by atoms with Crippen LogP contribution in [0.3, 0.4) is 0 Å². The number of hydrogen-bond acceptors (Lipinski definition) is 4. The van der Waals surface area contributed by atoms with Gasteiger partial charge in [0.2, 0.25) is 0 Å². The highest BCUT2D eigenvalue weighted by Crippen LogP contribution is 2.20. The minimum atomic E-state index is -4.02. The molecule has 7 heteroatoms. The number of aromatic nitrogens is 1. The molecule has 1 aromatic carbocycles. The molecule has 0 aliphatic carbocycles. The Morgan fingerprint density at radius 2 is 1.89 bits per heavy atom. The molecule has 96 valence electrons. The Labute approximate surface area is 109 Å². The zero-order valence-electron chi connectivity index (χ0n) is 9.54.